The van der Waals surface area contributed by atoms with Crippen LogP contribution >= 0.6 is 15.9 Å². The summed E-state index contributed by atoms with van der Waals surface area (Å²) in [5.74, 6) is 0.825. The van der Waals surface area contributed by atoms with Crippen LogP contribution in [0.4, 0.5) is 5.69 Å². The molecule has 0 amide bonds. The van der Waals surface area contributed by atoms with Crippen molar-refractivity contribution in [3.05, 3.63) is 28.2 Å². The van der Waals surface area contributed by atoms with Gasteiger partial charge in [0.05, 0.1) is 6.61 Å². The molecule has 1 heterocycles. The van der Waals surface area contributed by atoms with Gasteiger partial charge in [0.15, 0.2) is 0 Å². The highest BCUT2D eigenvalue weighted by atomic mass is 79.9. The molecular weight excluding hydrogens is 278 g/mol. The zero-order valence-electron chi connectivity index (χ0n) is 10.3. The molecule has 2 nitrogen and oxygen atoms in total. The average Bonchev–Trinajstić information content (AvgIpc) is 2.78. The minimum Gasteiger partial charge on any atom is -0.392 e. The van der Waals surface area contributed by atoms with E-state index in [-0.39, 0.29) is 6.61 Å². The molecular formula is C14H20BrNO. The predicted molar refractivity (Wildman–Crippen MR) is 75.3 cm³/mol. The Balaban J connectivity index is 2.14. The van der Waals surface area contributed by atoms with E-state index in [1.807, 2.05) is 12.1 Å². The van der Waals surface area contributed by atoms with E-state index in [9.17, 15) is 5.11 Å². The van der Waals surface area contributed by atoms with Crippen LogP contribution in [-0.4, -0.2) is 18.2 Å². The van der Waals surface area contributed by atoms with E-state index in [0.29, 0.717) is 0 Å². The van der Waals surface area contributed by atoms with E-state index >= 15 is 0 Å². The number of aliphatic hydroxyl groups is 1. The third-order valence-electron chi connectivity index (χ3n) is 3.54. The quantitative estimate of drug-likeness (QED) is 0.918. The van der Waals surface area contributed by atoms with Crippen molar-refractivity contribution in [2.75, 3.05) is 18.0 Å². The molecule has 0 spiro atoms. The Morgan fingerprint density at radius 2 is 2.29 bits per heavy atom. The Morgan fingerprint density at radius 1 is 1.47 bits per heavy atom. The van der Waals surface area contributed by atoms with E-state index in [1.165, 1.54) is 24.9 Å². The molecule has 0 aliphatic carbocycles. The first-order valence-electron chi connectivity index (χ1n) is 6.38. The van der Waals surface area contributed by atoms with Crippen LogP contribution < -0.4 is 4.90 Å². The number of hydrogen-bond donors (Lipinski definition) is 1. The first kappa shape index (κ1) is 12.9. The third-order valence-corrected chi connectivity index (χ3v) is 4.03. The lowest BCUT2D eigenvalue weighted by Crippen LogP contribution is -2.21. The Bertz CT molecular complexity index is 380. The van der Waals surface area contributed by atoms with Crippen molar-refractivity contribution in [1.29, 1.82) is 0 Å². The molecule has 1 aliphatic rings. The van der Waals surface area contributed by atoms with Crippen molar-refractivity contribution in [1.82, 2.24) is 0 Å². The standard InChI is InChI=1S/C14H20BrNO/c1-2-3-11-6-7-16(9-11)14-8-13(15)5-4-12(14)10-17/h4-5,8,11,17H,2-3,6-7,9-10H2,1H3. The van der Waals surface area contributed by atoms with Gasteiger partial charge in [0.25, 0.3) is 0 Å². The van der Waals surface area contributed by atoms with Gasteiger partial charge in [-0.25, -0.2) is 0 Å². The maximum absolute atomic E-state index is 9.40. The Morgan fingerprint density at radius 3 is 3.00 bits per heavy atom. The molecule has 1 unspecified atom stereocenters. The largest absolute Gasteiger partial charge is 0.392 e. The van der Waals surface area contributed by atoms with Crippen molar-refractivity contribution in [3.8, 4) is 0 Å². The fourth-order valence-corrected chi connectivity index (χ4v) is 3.01. The molecule has 1 atom stereocenters. The van der Waals surface area contributed by atoms with Crippen molar-refractivity contribution in [2.24, 2.45) is 5.92 Å². The highest BCUT2D eigenvalue weighted by molar-refractivity contribution is 9.10. The SMILES string of the molecule is CCCC1CCN(c2cc(Br)ccc2CO)C1. The van der Waals surface area contributed by atoms with Gasteiger partial charge in [-0.05, 0) is 30.9 Å². The molecule has 1 fully saturated rings. The van der Waals surface area contributed by atoms with Gasteiger partial charge in [-0.1, -0.05) is 35.3 Å². The normalized spacial score (nSPS) is 19.9. The number of halogens is 1. The zero-order chi connectivity index (χ0) is 12.3. The van der Waals surface area contributed by atoms with Gasteiger partial charge in [0.2, 0.25) is 0 Å². The van der Waals surface area contributed by atoms with Crippen LogP contribution in [0.1, 0.15) is 31.7 Å². The monoisotopic (exact) mass is 297 g/mol. The van der Waals surface area contributed by atoms with E-state index < -0.39 is 0 Å². The highest BCUT2D eigenvalue weighted by Gasteiger charge is 2.23. The summed E-state index contributed by atoms with van der Waals surface area (Å²) in [7, 11) is 0. The number of aliphatic hydroxyl groups excluding tert-OH is 1. The minimum atomic E-state index is 0.123. The van der Waals surface area contributed by atoms with Crippen LogP contribution in [0.3, 0.4) is 0 Å². The zero-order valence-corrected chi connectivity index (χ0v) is 11.9. The summed E-state index contributed by atoms with van der Waals surface area (Å²) in [5.41, 5.74) is 2.23. The molecule has 1 saturated heterocycles. The van der Waals surface area contributed by atoms with Gasteiger partial charge in [-0.15, -0.1) is 0 Å². The Labute approximate surface area is 112 Å². The smallest absolute Gasteiger partial charge is 0.0702 e. The van der Waals surface area contributed by atoms with Gasteiger partial charge in [-0.3, -0.25) is 0 Å². The second-order valence-corrected chi connectivity index (χ2v) is 5.74. The fraction of sp³-hybridized carbons (Fsp3) is 0.571. The molecule has 17 heavy (non-hydrogen) atoms. The summed E-state index contributed by atoms with van der Waals surface area (Å²) in [6, 6.07) is 6.13. The summed E-state index contributed by atoms with van der Waals surface area (Å²) >= 11 is 3.51. The summed E-state index contributed by atoms with van der Waals surface area (Å²) in [6.07, 6.45) is 3.87. The minimum absolute atomic E-state index is 0.123. The lowest BCUT2D eigenvalue weighted by atomic mass is 10.0. The fourth-order valence-electron chi connectivity index (χ4n) is 2.66. The van der Waals surface area contributed by atoms with Gasteiger partial charge < -0.3 is 10.0 Å². The van der Waals surface area contributed by atoms with Crippen LogP contribution in [0.25, 0.3) is 0 Å². The molecule has 0 bridgehead atoms. The van der Waals surface area contributed by atoms with Crippen LogP contribution in [-0.2, 0) is 6.61 Å². The Hall–Kier alpha value is -0.540. The summed E-state index contributed by atoms with van der Waals surface area (Å²) in [5, 5.41) is 9.40. The van der Waals surface area contributed by atoms with Gasteiger partial charge >= 0.3 is 0 Å². The molecule has 1 aromatic rings. The second-order valence-electron chi connectivity index (χ2n) is 4.82. The van der Waals surface area contributed by atoms with E-state index in [4.69, 9.17) is 0 Å². The molecule has 2 rings (SSSR count). The second kappa shape index (κ2) is 5.87. The van der Waals surface area contributed by atoms with Crippen LogP contribution in [0.2, 0.25) is 0 Å². The molecule has 1 N–H and O–H groups in total. The topological polar surface area (TPSA) is 23.5 Å². The lowest BCUT2D eigenvalue weighted by Gasteiger charge is -2.22. The first-order valence-corrected chi connectivity index (χ1v) is 7.18. The predicted octanol–water partition coefficient (Wildman–Crippen LogP) is 3.57. The number of rotatable bonds is 4. The van der Waals surface area contributed by atoms with Crippen molar-refractivity contribution in [2.45, 2.75) is 32.8 Å². The lowest BCUT2D eigenvalue weighted by molar-refractivity contribution is 0.282. The van der Waals surface area contributed by atoms with Crippen molar-refractivity contribution < 1.29 is 5.11 Å². The molecule has 0 radical (unpaired) electrons. The number of hydrogen-bond acceptors (Lipinski definition) is 2. The number of nitrogens with zero attached hydrogens (tertiary/aromatic N) is 1. The maximum atomic E-state index is 9.40. The Kier molecular flexibility index (Phi) is 4.46. The van der Waals surface area contributed by atoms with Crippen molar-refractivity contribution in [3.63, 3.8) is 0 Å². The summed E-state index contributed by atoms with van der Waals surface area (Å²) in [4.78, 5) is 2.41. The summed E-state index contributed by atoms with van der Waals surface area (Å²) < 4.78 is 1.09. The van der Waals surface area contributed by atoms with Gasteiger partial charge in [0.1, 0.15) is 0 Å². The van der Waals surface area contributed by atoms with Gasteiger partial charge in [-0.2, -0.15) is 0 Å². The van der Waals surface area contributed by atoms with Crippen molar-refractivity contribution >= 4 is 21.6 Å². The van der Waals surface area contributed by atoms with Crippen LogP contribution in [0, 0.1) is 5.92 Å². The van der Waals surface area contributed by atoms with Crippen LogP contribution in [0.5, 0.6) is 0 Å². The highest BCUT2D eigenvalue weighted by Crippen LogP contribution is 2.31. The summed E-state index contributed by atoms with van der Waals surface area (Å²) in [6.45, 7) is 4.63. The molecule has 0 aromatic heterocycles. The molecule has 1 aliphatic heterocycles. The van der Waals surface area contributed by atoms with Gasteiger partial charge in [0, 0.05) is 28.8 Å². The molecule has 94 valence electrons. The molecule has 0 saturated carbocycles. The van der Waals surface area contributed by atoms with E-state index in [1.54, 1.807) is 0 Å². The van der Waals surface area contributed by atoms with E-state index in [0.717, 1.165) is 29.0 Å². The maximum Gasteiger partial charge on any atom is 0.0702 e. The third kappa shape index (κ3) is 3.02. The number of benzene rings is 1. The van der Waals surface area contributed by atoms with Crippen LogP contribution in [0.15, 0.2) is 22.7 Å². The van der Waals surface area contributed by atoms with E-state index in [2.05, 4.69) is 33.8 Å². The average molecular weight is 298 g/mol. The number of anilines is 1. The molecule has 3 heteroatoms. The first-order chi connectivity index (χ1) is 8.24. The molecule has 1 aromatic carbocycles.